The highest BCUT2D eigenvalue weighted by Crippen LogP contribution is 2.19. The van der Waals surface area contributed by atoms with Gasteiger partial charge in [0.15, 0.2) is 0 Å². The number of benzene rings is 1. The van der Waals surface area contributed by atoms with Crippen molar-refractivity contribution in [1.82, 2.24) is 14.9 Å². The molecule has 1 aliphatic heterocycles. The smallest absolute Gasteiger partial charge is 0.272 e. The van der Waals surface area contributed by atoms with Crippen LogP contribution in [0.4, 0.5) is 11.5 Å². The fourth-order valence-corrected chi connectivity index (χ4v) is 3.05. The van der Waals surface area contributed by atoms with E-state index in [2.05, 4.69) is 41.3 Å². The average Bonchev–Trinajstić information content (AvgIpc) is 2.62. The van der Waals surface area contributed by atoms with Crippen LogP contribution in [0.25, 0.3) is 0 Å². The van der Waals surface area contributed by atoms with Crippen LogP contribution in [-0.4, -0.2) is 33.9 Å². The summed E-state index contributed by atoms with van der Waals surface area (Å²) in [4.78, 5) is 22.9. The molecule has 1 amide bonds. The third-order valence-corrected chi connectivity index (χ3v) is 4.47. The number of likely N-dealkylation sites (tertiary alicyclic amines) is 1. The van der Waals surface area contributed by atoms with Crippen LogP contribution in [-0.2, 0) is 6.42 Å². The van der Waals surface area contributed by atoms with Gasteiger partial charge in [-0.2, -0.15) is 0 Å². The van der Waals surface area contributed by atoms with Gasteiger partial charge in [-0.25, -0.2) is 9.97 Å². The molecule has 24 heavy (non-hydrogen) atoms. The van der Waals surface area contributed by atoms with Gasteiger partial charge in [0.1, 0.15) is 17.8 Å². The standard InChI is InChI=1S/C19H24N4O/c1-3-15-6-8-16(9-7-15)22-18-11-17(20-13-21-18)19(24)23-10-4-5-14(2)12-23/h6-9,11,13-14H,3-5,10,12H2,1-2H3,(H,20,21,22). The highest BCUT2D eigenvalue weighted by Gasteiger charge is 2.23. The van der Waals surface area contributed by atoms with Crippen molar-refractivity contribution in [2.45, 2.75) is 33.1 Å². The van der Waals surface area contributed by atoms with Crippen molar-refractivity contribution in [3.05, 3.63) is 47.9 Å². The lowest BCUT2D eigenvalue weighted by Gasteiger charge is -2.30. The van der Waals surface area contributed by atoms with Crippen LogP contribution in [0, 0.1) is 5.92 Å². The number of carbonyl (C=O) groups excluding carboxylic acids is 1. The van der Waals surface area contributed by atoms with Crippen molar-refractivity contribution in [3.8, 4) is 0 Å². The van der Waals surface area contributed by atoms with Crippen LogP contribution < -0.4 is 5.32 Å². The molecule has 1 atom stereocenters. The van der Waals surface area contributed by atoms with Crippen molar-refractivity contribution < 1.29 is 4.79 Å². The number of hydrogen-bond acceptors (Lipinski definition) is 4. The minimum absolute atomic E-state index is 0.00618. The van der Waals surface area contributed by atoms with Crippen LogP contribution in [0.2, 0.25) is 0 Å². The number of amides is 1. The maximum atomic E-state index is 12.6. The lowest BCUT2D eigenvalue weighted by Crippen LogP contribution is -2.39. The average molecular weight is 324 g/mol. The number of carbonyl (C=O) groups is 1. The van der Waals surface area contributed by atoms with Gasteiger partial charge in [0.2, 0.25) is 0 Å². The Kier molecular flexibility index (Phi) is 5.08. The zero-order valence-electron chi connectivity index (χ0n) is 14.3. The highest BCUT2D eigenvalue weighted by atomic mass is 16.2. The summed E-state index contributed by atoms with van der Waals surface area (Å²) in [6.45, 7) is 5.94. The van der Waals surface area contributed by atoms with E-state index in [9.17, 15) is 4.79 Å². The predicted octanol–water partition coefficient (Wildman–Crippen LogP) is 3.65. The molecule has 0 aliphatic carbocycles. The molecule has 1 aromatic carbocycles. The molecule has 1 saturated heterocycles. The largest absolute Gasteiger partial charge is 0.340 e. The molecule has 0 radical (unpaired) electrons. The second kappa shape index (κ2) is 7.43. The molecule has 5 nitrogen and oxygen atoms in total. The van der Waals surface area contributed by atoms with Crippen LogP contribution in [0.15, 0.2) is 36.7 Å². The van der Waals surface area contributed by atoms with Gasteiger partial charge < -0.3 is 10.2 Å². The molecule has 0 spiro atoms. The van der Waals surface area contributed by atoms with E-state index in [0.717, 1.165) is 31.6 Å². The zero-order chi connectivity index (χ0) is 16.9. The maximum absolute atomic E-state index is 12.6. The lowest BCUT2D eigenvalue weighted by atomic mass is 10.00. The van der Waals surface area contributed by atoms with Crippen LogP contribution in [0.3, 0.4) is 0 Å². The van der Waals surface area contributed by atoms with E-state index in [0.29, 0.717) is 17.4 Å². The predicted molar refractivity (Wildman–Crippen MR) is 95.4 cm³/mol. The van der Waals surface area contributed by atoms with Gasteiger partial charge in [0.25, 0.3) is 5.91 Å². The van der Waals surface area contributed by atoms with Crippen molar-refractivity contribution in [1.29, 1.82) is 0 Å². The molecule has 2 heterocycles. The fourth-order valence-electron chi connectivity index (χ4n) is 3.05. The number of hydrogen-bond donors (Lipinski definition) is 1. The van der Waals surface area contributed by atoms with Crippen LogP contribution in [0.5, 0.6) is 0 Å². The lowest BCUT2D eigenvalue weighted by molar-refractivity contribution is 0.0677. The molecule has 1 aliphatic rings. The van der Waals surface area contributed by atoms with E-state index in [4.69, 9.17) is 0 Å². The quantitative estimate of drug-likeness (QED) is 0.932. The van der Waals surface area contributed by atoms with Gasteiger partial charge in [0.05, 0.1) is 0 Å². The molecule has 126 valence electrons. The van der Waals surface area contributed by atoms with E-state index < -0.39 is 0 Å². The first-order valence-corrected chi connectivity index (χ1v) is 8.63. The Morgan fingerprint density at radius 3 is 2.79 bits per heavy atom. The molecule has 0 saturated carbocycles. The number of rotatable bonds is 4. The number of nitrogens with one attached hydrogen (secondary N) is 1. The topological polar surface area (TPSA) is 58.1 Å². The molecule has 5 heteroatoms. The van der Waals surface area contributed by atoms with E-state index in [1.807, 2.05) is 17.0 Å². The molecule has 0 bridgehead atoms. The molecule has 1 fully saturated rings. The monoisotopic (exact) mass is 324 g/mol. The van der Waals surface area contributed by atoms with E-state index in [1.54, 1.807) is 6.07 Å². The second-order valence-electron chi connectivity index (χ2n) is 6.46. The van der Waals surface area contributed by atoms with Crippen LogP contribution in [0.1, 0.15) is 42.7 Å². The second-order valence-corrected chi connectivity index (χ2v) is 6.46. The van der Waals surface area contributed by atoms with Gasteiger partial charge >= 0.3 is 0 Å². The highest BCUT2D eigenvalue weighted by molar-refractivity contribution is 5.93. The van der Waals surface area contributed by atoms with E-state index >= 15 is 0 Å². The number of nitrogens with zero attached hydrogens (tertiary/aromatic N) is 3. The zero-order valence-corrected chi connectivity index (χ0v) is 14.3. The molecular weight excluding hydrogens is 300 g/mol. The first-order valence-electron chi connectivity index (χ1n) is 8.63. The van der Waals surface area contributed by atoms with E-state index in [1.165, 1.54) is 18.3 Å². The van der Waals surface area contributed by atoms with Crippen LogP contribution >= 0.6 is 0 Å². The first kappa shape index (κ1) is 16.4. The molecule has 1 aromatic heterocycles. The Morgan fingerprint density at radius 2 is 2.08 bits per heavy atom. The Bertz CT molecular complexity index is 699. The SMILES string of the molecule is CCc1ccc(Nc2cc(C(=O)N3CCCC(C)C3)ncn2)cc1. The minimum Gasteiger partial charge on any atom is -0.340 e. The summed E-state index contributed by atoms with van der Waals surface area (Å²) in [6, 6.07) is 9.95. The maximum Gasteiger partial charge on any atom is 0.272 e. The number of aromatic nitrogens is 2. The summed E-state index contributed by atoms with van der Waals surface area (Å²) < 4.78 is 0. The molecular formula is C19H24N4O. The Balaban J connectivity index is 1.72. The van der Waals surface area contributed by atoms with Gasteiger partial charge in [0, 0.05) is 24.8 Å². The van der Waals surface area contributed by atoms with Gasteiger partial charge in [-0.05, 0) is 42.9 Å². The molecule has 2 aromatic rings. The van der Waals surface area contributed by atoms with Crippen molar-refractivity contribution >= 4 is 17.4 Å². The summed E-state index contributed by atoms with van der Waals surface area (Å²) in [7, 11) is 0. The Hall–Kier alpha value is -2.43. The Labute approximate surface area is 143 Å². The van der Waals surface area contributed by atoms with Gasteiger partial charge in [-0.1, -0.05) is 26.0 Å². The third kappa shape index (κ3) is 3.91. The summed E-state index contributed by atoms with van der Waals surface area (Å²) >= 11 is 0. The fraction of sp³-hybridized carbons (Fsp3) is 0.421. The van der Waals surface area contributed by atoms with Gasteiger partial charge in [-0.15, -0.1) is 0 Å². The summed E-state index contributed by atoms with van der Waals surface area (Å²) in [5, 5.41) is 3.24. The summed E-state index contributed by atoms with van der Waals surface area (Å²) in [5.41, 5.74) is 2.70. The number of aryl methyl sites for hydroxylation is 1. The first-order chi connectivity index (χ1) is 11.7. The number of anilines is 2. The van der Waals surface area contributed by atoms with Crippen molar-refractivity contribution in [2.24, 2.45) is 5.92 Å². The van der Waals surface area contributed by atoms with E-state index in [-0.39, 0.29) is 5.91 Å². The third-order valence-electron chi connectivity index (χ3n) is 4.47. The Morgan fingerprint density at radius 1 is 1.29 bits per heavy atom. The summed E-state index contributed by atoms with van der Waals surface area (Å²) in [5.74, 6) is 1.19. The van der Waals surface area contributed by atoms with Gasteiger partial charge in [-0.3, -0.25) is 4.79 Å². The normalized spacial score (nSPS) is 17.6. The number of piperidine rings is 1. The molecule has 1 unspecified atom stereocenters. The summed E-state index contributed by atoms with van der Waals surface area (Å²) in [6.07, 6.45) is 4.71. The minimum atomic E-state index is -0.00618. The van der Waals surface area contributed by atoms with Crippen molar-refractivity contribution in [2.75, 3.05) is 18.4 Å². The van der Waals surface area contributed by atoms with Crippen molar-refractivity contribution in [3.63, 3.8) is 0 Å². The molecule has 3 rings (SSSR count). The molecule has 1 N–H and O–H groups in total.